The first-order chi connectivity index (χ1) is 8.36. The van der Waals surface area contributed by atoms with Crippen LogP contribution in [0.2, 0.25) is 0 Å². The quantitative estimate of drug-likeness (QED) is 0.307. The van der Waals surface area contributed by atoms with Gasteiger partial charge in [0.2, 0.25) is 0 Å². The summed E-state index contributed by atoms with van der Waals surface area (Å²) in [6, 6.07) is 0.514. The Morgan fingerprint density at radius 2 is 2.12 bits per heavy atom. The van der Waals surface area contributed by atoms with Crippen LogP contribution >= 0.6 is 0 Å². The minimum Gasteiger partial charge on any atom is -0.382 e. The molecule has 4 heteroatoms. The van der Waals surface area contributed by atoms with Gasteiger partial charge < -0.3 is 15.4 Å². The number of ether oxygens (including phenoxy) is 1. The maximum atomic E-state index is 5.29. The molecule has 0 amide bonds. The number of hydrogen-bond donors (Lipinski definition) is 2. The maximum Gasteiger partial charge on any atom is 0.191 e. The first-order valence-corrected chi connectivity index (χ1v) is 6.64. The van der Waals surface area contributed by atoms with E-state index >= 15 is 0 Å². The molecule has 98 valence electrons. The van der Waals surface area contributed by atoms with E-state index in [-0.39, 0.29) is 0 Å². The zero-order valence-electron chi connectivity index (χ0n) is 11.0. The highest BCUT2D eigenvalue weighted by Gasteiger charge is 2.10. The van der Waals surface area contributed by atoms with Crippen LogP contribution in [0.3, 0.4) is 0 Å². The van der Waals surface area contributed by atoms with Crippen molar-refractivity contribution in [3.63, 3.8) is 0 Å². The summed E-state index contributed by atoms with van der Waals surface area (Å²) in [6.07, 6.45) is 7.62. The van der Waals surface area contributed by atoms with Gasteiger partial charge in [0.15, 0.2) is 5.96 Å². The minimum absolute atomic E-state index is 0.514. The largest absolute Gasteiger partial charge is 0.382 e. The summed E-state index contributed by atoms with van der Waals surface area (Å²) >= 11 is 0. The molecule has 0 radical (unpaired) electrons. The topological polar surface area (TPSA) is 45.7 Å². The lowest BCUT2D eigenvalue weighted by atomic mass is 10.2. The molecule has 2 N–H and O–H groups in total. The molecule has 1 aliphatic rings. The third-order valence-electron chi connectivity index (χ3n) is 2.61. The second-order valence-electron chi connectivity index (χ2n) is 4.10. The summed E-state index contributed by atoms with van der Waals surface area (Å²) in [5.74, 6) is 0.928. The summed E-state index contributed by atoms with van der Waals surface area (Å²) in [5.41, 5.74) is 0. The Balaban J connectivity index is 2.22. The number of nitrogens with one attached hydrogen (secondary N) is 2. The molecule has 0 unspecified atom stereocenters. The van der Waals surface area contributed by atoms with Crippen molar-refractivity contribution >= 4 is 5.96 Å². The molecule has 0 heterocycles. The highest BCUT2D eigenvalue weighted by atomic mass is 16.5. The SMILES string of the molecule is CCNC(=NCCCOCC)NC1CC=CC1. The molecule has 0 aromatic heterocycles. The van der Waals surface area contributed by atoms with Crippen LogP contribution in [-0.4, -0.2) is 38.3 Å². The van der Waals surface area contributed by atoms with Crippen LogP contribution in [-0.2, 0) is 4.74 Å². The molecule has 0 bridgehead atoms. The molecule has 0 aromatic carbocycles. The molecule has 0 saturated carbocycles. The predicted molar refractivity (Wildman–Crippen MR) is 72.4 cm³/mol. The molecular weight excluding hydrogens is 214 g/mol. The van der Waals surface area contributed by atoms with Crippen LogP contribution in [0, 0.1) is 0 Å². The molecule has 4 nitrogen and oxygen atoms in total. The first-order valence-electron chi connectivity index (χ1n) is 6.64. The maximum absolute atomic E-state index is 5.29. The van der Waals surface area contributed by atoms with Gasteiger partial charge in [0.1, 0.15) is 0 Å². The number of nitrogens with zero attached hydrogens (tertiary/aromatic N) is 1. The third-order valence-corrected chi connectivity index (χ3v) is 2.61. The van der Waals surface area contributed by atoms with Crippen molar-refractivity contribution in [1.82, 2.24) is 10.6 Å². The van der Waals surface area contributed by atoms with Crippen molar-refractivity contribution in [2.24, 2.45) is 4.99 Å². The summed E-state index contributed by atoms with van der Waals surface area (Å²) < 4.78 is 5.29. The molecule has 1 rings (SSSR count). The van der Waals surface area contributed by atoms with E-state index in [0.29, 0.717) is 6.04 Å². The normalized spacial score (nSPS) is 16.5. The Morgan fingerprint density at radius 1 is 1.35 bits per heavy atom. The van der Waals surface area contributed by atoms with Crippen molar-refractivity contribution in [2.75, 3.05) is 26.3 Å². The molecule has 1 aliphatic carbocycles. The fourth-order valence-corrected chi connectivity index (χ4v) is 1.75. The van der Waals surface area contributed by atoms with Gasteiger partial charge in [0.05, 0.1) is 0 Å². The molecule has 0 saturated heterocycles. The Labute approximate surface area is 105 Å². The van der Waals surface area contributed by atoms with Gasteiger partial charge in [0, 0.05) is 32.3 Å². The van der Waals surface area contributed by atoms with Gasteiger partial charge in [-0.25, -0.2) is 0 Å². The van der Waals surface area contributed by atoms with E-state index < -0.39 is 0 Å². The Bertz CT molecular complexity index is 243. The van der Waals surface area contributed by atoms with Gasteiger partial charge in [-0.15, -0.1) is 0 Å². The van der Waals surface area contributed by atoms with E-state index in [1.807, 2.05) is 6.92 Å². The van der Waals surface area contributed by atoms with E-state index in [4.69, 9.17) is 4.74 Å². The molecular formula is C13H25N3O. The van der Waals surface area contributed by atoms with E-state index in [1.54, 1.807) is 0 Å². The summed E-state index contributed by atoms with van der Waals surface area (Å²) in [7, 11) is 0. The zero-order chi connectivity index (χ0) is 12.3. The van der Waals surface area contributed by atoms with E-state index in [9.17, 15) is 0 Å². The Hall–Kier alpha value is -1.03. The number of rotatable bonds is 7. The molecule has 0 aliphatic heterocycles. The lowest BCUT2D eigenvalue weighted by molar-refractivity contribution is 0.146. The van der Waals surface area contributed by atoms with Gasteiger partial charge >= 0.3 is 0 Å². The van der Waals surface area contributed by atoms with Crippen LogP contribution in [0.15, 0.2) is 17.1 Å². The van der Waals surface area contributed by atoms with E-state index in [0.717, 1.165) is 51.5 Å². The van der Waals surface area contributed by atoms with Gasteiger partial charge in [-0.05, 0) is 33.1 Å². The second-order valence-corrected chi connectivity index (χ2v) is 4.10. The smallest absolute Gasteiger partial charge is 0.191 e. The van der Waals surface area contributed by atoms with Crippen LogP contribution in [0.25, 0.3) is 0 Å². The highest BCUT2D eigenvalue weighted by Crippen LogP contribution is 2.08. The lowest BCUT2D eigenvalue weighted by Gasteiger charge is -2.16. The van der Waals surface area contributed by atoms with Crippen LogP contribution in [0.4, 0.5) is 0 Å². The van der Waals surface area contributed by atoms with Gasteiger partial charge in [-0.1, -0.05) is 12.2 Å². The average molecular weight is 239 g/mol. The van der Waals surface area contributed by atoms with Gasteiger partial charge in [0.25, 0.3) is 0 Å². The Kier molecular flexibility index (Phi) is 7.47. The first kappa shape index (κ1) is 14.0. The van der Waals surface area contributed by atoms with Gasteiger partial charge in [-0.2, -0.15) is 0 Å². The Morgan fingerprint density at radius 3 is 2.76 bits per heavy atom. The van der Waals surface area contributed by atoms with Crippen LogP contribution < -0.4 is 10.6 Å². The number of hydrogen-bond acceptors (Lipinski definition) is 2. The minimum atomic E-state index is 0.514. The predicted octanol–water partition coefficient (Wildman–Crippen LogP) is 1.69. The highest BCUT2D eigenvalue weighted by molar-refractivity contribution is 5.80. The fraction of sp³-hybridized carbons (Fsp3) is 0.769. The van der Waals surface area contributed by atoms with Crippen molar-refractivity contribution in [3.8, 4) is 0 Å². The zero-order valence-corrected chi connectivity index (χ0v) is 11.0. The van der Waals surface area contributed by atoms with Crippen molar-refractivity contribution < 1.29 is 4.74 Å². The van der Waals surface area contributed by atoms with Crippen molar-refractivity contribution in [3.05, 3.63) is 12.2 Å². The number of aliphatic imine (C=N–C) groups is 1. The number of guanidine groups is 1. The van der Waals surface area contributed by atoms with Crippen molar-refractivity contribution in [2.45, 2.75) is 39.2 Å². The van der Waals surface area contributed by atoms with Crippen LogP contribution in [0.5, 0.6) is 0 Å². The van der Waals surface area contributed by atoms with Gasteiger partial charge in [-0.3, -0.25) is 4.99 Å². The lowest BCUT2D eigenvalue weighted by Crippen LogP contribution is -2.42. The standard InChI is InChI=1S/C13H25N3O/c1-3-14-13(15-10-7-11-17-4-2)16-12-8-5-6-9-12/h5-6,12H,3-4,7-11H2,1-2H3,(H2,14,15,16). The average Bonchev–Trinajstić information content (AvgIpc) is 2.82. The summed E-state index contributed by atoms with van der Waals surface area (Å²) in [4.78, 5) is 4.54. The summed E-state index contributed by atoms with van der Waals surface area (Å²) in [5, 5.41) is 6.71. The molecule has 0 fully saturated rings. The van der Waals surface area contributed by atoms with E-state index in [1.165, 1.54) is 0 Å². The molecule has 0 spiro atoms. The van der Waals surface area contributed by atoms with E-state index in [2.05, 4.69) is 34.7 Å². The van der Waals surface area contributed by atoms with Crippen molar-refractivity contribution in [1.29, 1.82) is 0 Å². The molecule has 0 aromatic rings. The second kappa shape index (κ2) is 9.05. The third kappa shape index (κ3) is 6.31. The monoisotopic (exact) mass is 239 g/mol. The summed E-state index contributed by atoms with van der Waals surface area (Å²) in [6.45, 7) is 7.40. The fourth-order valence-electron chi connectivity index (χ4n) is 1.75. The molecule has 17 heavy (non-hydrogen) atoms. The van der Waals surface area contributed by atoms with Crippen LogP contribution in [0.1, 0.15) is 33.1 Å². The molecule has 0 atom stereocenters.